The molecule has 0 radical (unpaired) electrons. The third-order valence-electron chi connectivity index (χ3n) is 6.10. The summed E-state index contributed by atoms with van der Waals surface area (Å²) in [6.07, 6.45) is 2.26. The van der Waals surface area contributed by atoms with Crippen LogP contribution in [0.3, 0.4) is 0 Å². The molecule has 158 valence electrons. The fraction of sp³-hybridized carbons (Fsp3) is 0.417. The zero-order valence-electron chi connectivity index (χ0n) is 18.5. The van der Waals surface area contributed by atoms with E-state index in [2.05, 4.69) is 31.0 Å². The van der Waals surface area contributed by atoms with Crippen molar-refractivity contribution in [3.05, 3.63) is 58.0 Å². The molecule has 0 saturated carbocycles. The van der Waals surface area contributed by atoms with Crippen LogP contribution in [0.5, 0.6) is 0 Å². The van der Waals surface area contributed by atoms with Gasteiger partial charge >= 0.3 is 5.69 Å². The Bertz CT molecular complexity index is 1160. The molecule has 0 unspecified atom stereocenters. The van der Waals surface area contributed by atoms with Crippen molar-refractivity contribution in [2.45, 2.75) is 39.0 Å². The highest BCUT2D eigenvalue weighted by atomic mass is 16.2. The second-order valence-electron chi connectivity index (χ2n) is 9.23. The number of anilines is 2. The molecule has 0 bridgehead atoms. The second-order valence-corrected chi connectivity index (χ2v) is 9.23. The number of aryl methyl sites for hydroxylation is 2. The summed E-state index contributed by atoms with van der Waals surface area (Å²) in [5.41, 5.74) is 5.19. The smallest absolute Gasteiger partial charge is 0.328 e. The van der Waals surface area contributed by atoms with Gasteiger partial charge < -0.3 is 10.2 Å². The molecule has 1 aliphatic heterocycles. The van der Waals surface area contributed by atoms with E-state index in [-0.39, 0.29) is 17.0 Å². The Morgan fingerprint density at radius 3 is 2.07 bits per heavy atom. The van der Waals surface area contributed by atoms with Crippen LogP contribution in [-0.2, 0) is 19.5 Å². The minimum atomic E-state index is -0.142. The van der Waals surface area contributed by atoms with Crippen molar-refractivity contribution in [1.29, 1.82) is 0 Å². The molecule has 4 rings (SSSR count). The van der Waals surface area contributed by atoms with E-state index in [1.54, 1.807) is 23.2 Å². The first-order chi connectivity index (χ1) is 14.2. The van der Waals surface area contributed by atoms with E-state index >= 15 is 0 Å². The maximum atomic E-state index is 13.0. The standard InChI is InChI=1S/C24H30N4O2/c1-24(2,3)17-10-8-16(9-11-17)22(29)25-18-14-20-21(27(5)23(30)26(20)4)15-19(18)28-12-6-7-13-28/h8-11,14-15H,6-7,12-13H2,1-5H3,(H,25,29). The Morgan fingerprint density at radius 2 is 1.50 bits per heavy atom. The molecular formula is C24H30N4O2. The first kappa shape index (κ1) is 20.3. The lowest BCUT2D eigenvalue weighted by molar-refractivity contribution is 0.102. The fourth-order valence-electron chi connectivity index (χ4n) is 4.17. The molecule has 1 fully saturated rings. The third kappa shape index (κ3) is 3.51. The van der Waals surface area contributed by atoms with Gasteiger partial charge in [-0.2, -0.15) is 0 Å². The van der Waals surface area contributed by atoms with E-state index in [0.29, 0.717) is 5.56 Å². The summed E-state index contributed by atoms with van der Waals surface area (Å²) in [6.45, 7) is 8.38. The number of nitrogens with one attached hydrogen (secondary N) is 1. The predicted molar refractivity (Wildman–Crippen MR) is 123 cm³/mol. The zero-order valence-corrected chi connectivity index (χ0v) is 18.5. The van der Waals surface area contributed by atoms with Crippen molar-refractivity contribution in [2.75, 3.05) is 23.3 Å². The Kier molecular flexibility index (Phi) is 4.96. The molecule has 1 saturated heterocycles. The average molecular weight is 407 g/mol. The lowest BCUT2D eigenvalue weighted by atomic mass is 9.87. The highest BCUT2D eigenvalue weighted by molar-refractivity contribution is 6.07. The van der Waals surface area contributed by atoms with Gasteiger partial charge in [-0.25, -0.2) is 4.79 Å². The molecule has 30 heavy (non-hydrogen) atoms. The maximum absolute atomic E-state index is 13.0. The minimum absolute atomic E-state index is 0.0427. The molecule has 1 aromatic heterocycles. The van der Waals surface area contributed by atoms with Crippen LogP contribution in [0.25, 0.3) is 11.0 Å². The summed E-state index contributed by atoms with van der Waals surface area (Å²) in [7, 11) is 3.55. The van der Waals surface area contributed by atoms with Gasteiger partial charge in [0.1, 0.15) is 0 Å². The summed E-state index contributed by atoms with van der Waals surface area (Å²) in [5.74, 6) is -0.142. The molecule has 1 aliphatic rings. The first-order valence-corrected chi connectivity index (χ1v) is 10.5. The lowest BCUT2D eigenvalue weighted by Gasteiger charge is -2.22. The van der Waals surface area contributed by atoms with Gasteiger partial charge in [0.25, 0.3) is 5.91 Å². The van der Waals surface area contributed by atoms with Crippen LogP contribution < -0.4 is 15.9 Å². The largest absolute Gasteiger partial charge is 0.370 e. The summed E-state index contributed by atoms with van der Waals surface area (Å²) >= 11 is 0. The molecule has 1 amide bonds. The van der Waals surface area contributed by atoms with Gasteiger partial charge in [-0.05, 0) is 48.1 Å². The van der Waals surface area contributed by atoms with Crippen molar-refractivity contribution in [3.63, 3.8) is 0 Å². The molecule has 6 nitrogen and oxygen atoms in total. The van der Waals surface area contributed by atoms with E-state index < -0.39 is 0 Å². The van der Waals surface area contributed by atoms with E-state index in [1.807, 2.05) is 36.4 Å². The van der Waals surface area contributed by atoms with Crippen LogP contribution in [0.4, 0.5) is 11.4 Å². The molecule has 1 N–H and O–H groups in total. The van der Waals surface area contributed by atoms with E-state index in [0.717, 1.165) is 48.3 Å². The fourth-order valence-corrected chi connectivity index (χ4v) is 4.17. The zero-order chi connectivity index (χ0) is 21.6. The quantitative estimate of drug-likeness (QED) is 0.715. The predicted octanol–water partition coefficient (Wildman–Crippen LogP) is 4.03. The Balaban J connectivity index is 1.73. The highest BCUT2D eigenvalue weighted by Gasteiger charge is 2.21. The van der Waals surface area contributed by atoms with Gasteiger partial charge in [-0.3, -0.25) is 13.9 Å². The van der Waals surface area contributed by atoms with Gasteiger partial charge in [0.05, 0.1) is 22.4 Å². The maximum Gasteiger partial charge on any atom is 0.328 e. The van der Waals surface area contributed by atoms with Crippen LogP contribution in [0, 0.1) is 0 Å². The van der Waals surface area contributed by atoms with Gasteiger partial charge in [0.15, 0.2) is 0 Å². The molecule has 2 aromatic carbocycles. The topological polar surface area (TPSA) is 59.3 Å². The number of benzene rings is 2. The molecule has 3 aromatic rings. The molecule has 0 aliphatic carbocycles. The molecule has 0 spiro atoms. The summed E-state index contributed by atoms with van der Waals surface area (Å²) in [5, 5.41) is 3.10. The average Bonchev–Trinajstić information content (AvgIpc) is 3.31. The molecular weight excluding hydrogens is 376 g/mol. The van der Waals surface area contributed by atoms with Crippen molar-refractivity contribution in [2.24, 2.45) is 14.1 Å². The number of hydrogen-bond acceptors (Lipinski definition) is 3. The number of rotatable bonds is 3. The van der Waals surface area contributed by atoms with Crippen LogP contribution in [-0.4, -0.2) is 28.1 Å². The van der Waals surface area contributed by atoms with E-state index in [1.165, 1.54) is 5.56 Å². The van der Waals surface area contributed by atoms with Crippen molar-refractivity contribution >= 4 is 28.3 Å². The Hall–Kier alpha value is -3.02. The number of aromatic nitrogens is 2. The lowest BCUT2D eigenvalue weighted by Crippen LogP contribution is -2.21. The Morgan fingerprint density at radius 1 is 0.933 bits per heavy atom. The van der Waals surface area contributed by atoms with E-state index in [9.17, 15) is 9.59 Å². The van der Waals surface area contributed by atoms with E-state index in [4.69, 9.17) is 0 Å². The normalized spacial score (nSPS) is 14.5. The van der Waals surface area contributed by atoms with Crippen LogP contribution >= 0.6 is 0 Å². The summed E-state index contributed by atoms with van der Waals surface area (Å²) in [6, 6.07) is 11.7. The second kappa shape index (κ2) is 7.35. The molecule has 0 atom stereocenters. The van der Waals surface area contributed by atoms with Crippen LogP contribution in [0.15, 0.2) is 41.2 Å². The number of carbonyl (C=O) groups excluding carboxylic acids is 1. The first-order valence-electron chi connectivity index (χ1n) is 10.5. The van der Waals surface area contributed by atoms with Crippen molar-refractivity contribution in [1.82, 2.24) is 9.13 Å². The van der Waals surface area contributed by atoms with Crippen molar-refractivity contribution in [3.8, 4) is 0 Å². The molecule has 2 heterocycles. The SMILES string of the molecule is Cn1c(=O)n(C)c2cc(N3CCCC3)c(NC(=O)c3ccc(C(C)(C)C)cc3)cc21. The number of fused-ring (bicyclic) bond motifs is 1. The molecule has 6 heteroatoms. The third-order valence-corrected chi connectivity index (χ3v) is 6.10. The van der Waals surface area contributed by atoms with Gasteiger partial charge in [0, 0.05) is 32.7 Å². The number of amides is 1. The monoisotopic (exact) mass is 406 g/mol. The van der Waals surface area contributed by atoms with Crippen LogP contribution in [0.1, 0.15) is 49.5 Å². The summed E-state index contributed by atoms with van der Waals surface area (Å²) in [4.78, 5) is 27.7. The minimum Gasteiger partial charge on any atom is -0.370 e. The summed E-state index contributed by atoms with van der Waals surface area (Å²) < 4.78 is 3.28. The number of nitrogens with zero attached hydrogens (tertiary/aromatic N) is 3. The Labute approximate surface area is 177 Å². The van der Waals surface area contributed by atoms with Gasteiger partial charge in [0.2, 0.25) is 0 Å². The number of carbonyl (C=O) groups is 1. The number of imidazole rings is 1. The van der Waals surface area contributed by atoms with Crippen molar-refractivity contribution < 1.29 is 4.79 Å². The van der Waals surface area contributed by atoms with Crippen LogP contribution in [0.2, 0.25) is 0 Å². The highest BCUT2D eigenvalue weighted by Crippen LogP contribution is 2.33. The number of hydrogen-bond donors (Lipinski definition) is 1. The van der Waals surface area contributed by atoms with Gasteiger partial charge in [-0.15, -0.1) is 0 Å². The van der Waals surface area contributed by atoms with Gasteiger partial charge in [-0.1, -0.05) is 32.9 Å².